The molecule has 0 aliphatic carbocycles. The van der Waals surface area contributed by atoms with E-state index in [1.54, 1.807) is 91.0 Å². The number of benzene rings is 3. The van der Waals surface area contributed by atoms with Crippen LogP contribution in [-0.2, 0) is 38.8 Å². The topological polar surface area (TPSA) is 207 Å². The molecular weight excluding hydrogens is 638 g/mol. The van der Waals surface area contributed by atoms with Gasteiger partial charge in [0.25, 0.3) is 0 Å². The molecule has 49 heavy (non-hydrogen) atoms. The van der Waals surface area contributed by atoms with Crippen molar-refractivity contribution in [3.63, 3.8) is 0 Å². The largest absolute Gasteiger partial charge is 0.492 e. The second-order valence-corrected chi connectivity index (χ2v) is 10.4. The summed E-state index contributed by atoms with van der Waals surface area (Å²) in [5.41, 5.74) is 7.51. The number of amides is 3. The summed E-state index contributed by atoms with van der Waals surface area (Å²) in [5.74, 6) is -3.24. The van der Waals surface area contributed by atoms with E-state index in [-0.39, 0.29) is 39.2 Å². The number of aromatic nitrogens is 1. The summed E-state index contributed by atoms with van der Waals surface area (Å²) in [6.45, 7) is -0.918. The molecule has 3 amide bonds. The quantitative estimate of drug-likeness (QED) is 0.0882. The minimum Gasteiger partial charge on any atom is -0.492 e. The zero-order valence-corrected chi connectivity index (χ0v) is 26.2. The third-order valence-corrected chi connectivity index (χ3v) is 6.94. The lowest BCUT2D eigenvalue weighted by atomic mass is 10.1. The Kier molecular flexibility index (Phi) is 12.6. The Balaban J connectivity index is 1.57. The number of nitrogens with zero attached hydrogens (tertiary/aromatic N) is 3. The lowest BCUT2D eigenvalue weighted by Gasteiger charge is -2.28. The van der Waals surface area contributed by atoms with Crippen LogP contribution in [0.4, 0.5) is 14.4 Å². The lowest BCUT2D eigenvalue weighted by molar-refractivity contribution is -0.151. The van der Waals surface area contributed by atoms with Crippen LogP contribution in [0.15, 0.2) is 103 Å². The van der Waals surface area contributed by atoms with Gasteiger partial charge in [-0.05, 0) is 29.5 Å². The summed E-state index contributed by atoms with van der Waals surface area (Å²) < 4.78 is 16.5. The minimum absolute atomic E-state index is 0.101. The van der Waals surface area contributed by atoms with Gasteiger partial charge in [0.05, 0.1) is 0 Å². The van der Waals surface area contributed by atoms with Crippen LogP contribution in [0.2, 0.25) is 0 Å². The number of rotatable bonds is 13. The molecule has 1 heterocycles. The highest BCUT2D eigenvalue weighted by molar-refractivity contribution is 5.94. The molecule has 0 saturated heterocycles. The van der Waals surface area contributed by atoms with Gasteiger partial charge in [-0.3, -0.25) is 5.41 Å². The minimum atomic E-state index is -1.79. The Bertz CT molecular complexity index is 1640. The number of ether oxygens (including phenoxy) is 3. The third-order valence-electron chi connectivity index (χ3n) is 6.94. The van der Waals surface area contributed by atoms with Crippen molar-refractivity contribution in [1.29, 1.82) is 5.41 Å². The molecule has 1 aromatic heterocycles. The van der Waals surface area contributed by atoms with Gasteiger partial charge in [0.15, 0.2) is 5.96 Å². The van der Waals surface area contributed by atoms with E-state index in [2.05, 4.69) is 0 Å². The summed E-state index contributed by atoms with van der Waals surface area (Å²) >= 11 is 0. The maximum Gasteiger partial charge on any atom is 0.420 e. The lowest BCUT2D eigenvalue weighted by Crippen LogP contribution is -2.52. The van der Waals surface area contributed by atoms with E-state index >= 15 is 0 Å². The third kappa shape index (κ3) is 10.2. The number of nitrogens with two attached hydrogens (primary N) is 1. The maximum absolute atomic E-state index is 13.6. The molecule has 0 unspecified atom stereocenters. The molecular formula is C34H35N5O10. The van der Waals surface area contributed by atoms with Gasteiger partial charge in [0.1, 0.15) is 25.9 Å². The Labute approximate surface area is 281 Å². The van der Waals surface area contributed by atoms with Crippen molar-refractivity contribution in [2.24, 2.45) is 5.73 Å². The van der Waals surface area contributed by atoms with Crippen LogP contribution in [0.3, 0.4) is 0 Å². The van der Waals surface area contributed by atoms with Gasteiger partial charge in [0.2, 0.25) is 11.8 Å². The van der Waals surface area contributed by atoms with Crippen molar-refractivity contribution in [1.82, 2.24) is 14.5 Å². The highest BCUT2D eigenvalue weighted by Gasteiger charge is 2.39. The van der Waals surface area contributed by atoms with Crippen molar-refractivity contribution in [3.8, 4) is 11.8 Å². The van der Waals surface area contributed by atoms with Gasteiger partial charge >= 0.3 is 24.2 Å². The first kappa shape index (κ1) is 35.3. The molecule has 0 saturated carbocycles. The number of guanidine groups is 1. The summed E-state index contributed by atoms with van der Waals surface area (Å²) in [4.78, 5) is 59.9. The molecule has 15 heteroatoms. The molecule has 5 N–H and O–H groups in total. The SMILES string of the molecule is N=C(N)N(CCC[C@@H](C(=O)On1c(O)ccc1O)N(C(=O)OCc1ccccc1)C(=O)OCc1ccccc1)C(=O)OCc1ccccc1. The van der Waals surface area contributed by atoms with E-state index in [0.29, 0.717) is 26.3 Å². The first-order chi connectivity index (χ1) is 23.6. The number of aromatic hydroxyl groups is 2. The van der Waals surface area contributed by atoms with Gasteiger partial charge < -0.3 is 35.0 Å². The van der Waals surface area contributed by atoms with Crippen LogP contribution in [-0.4, -0.2) is 67.5 Å². The van der Waals surface area contributed by atoms with Gasteiger partial charge in [0, 0.05) is 18.7 Å². The molecule has 0 radical (unpaired) electrons. The highest BCUT2D eigenvalue weighted by Crippen LogP contribution is 2.21. The van der Waals surface area contributed by atoms with E-state index < -0.39 is 48.0 Å². The van der Waals surface area contributed by atoms with Gasteiger partial charge in [-0.1, -0.05) is 91.0 Å². The number of carbonyl (C=O) groups excluding carboxylic acids is 4. The number of hydrogen-bond donors (Lipinski definition) is 4. The van der Waals surface area contributed by atoms with Crippen molar-refractivity contribution >= 4 is 30.2 Å². The summed E-state index contributed by atoms with van der Waals surface area (Å²) in [5, 5.41) is 28.1. The predicted molar refractivity (Wildman–Crippen MR) is 173 cm³/mol. The standard InChI is InChI=1S/C34H35N5O10/c35-31(36)37(32(43)46-21-24-11-4-1-5-12-24)20-10-17-27(30(42)49-39-28(40)18-19-29(39)41)38(33(44)47-22-25-13-6-2-7-14-25)34(45)48-23-26-15-8-3-9-16-26/h1-9,11-16,18-19,27,40-41H,10,17,20-23H2,(H3,35,36)/t27-/m0/s1. The Morgan fingerprint density at radius 3 is 1.49 bits per heavy atom. The molecule has 15 nitrogen and oxygen atoms in total. The average molecular weight is 674 g/mol. The van der Waals surface area contributed by atoms with E-state index in [0.717, 1.165) is 17.0 Å². The second kappa shape index (κ2) is 17.4. The fourth-order valence-corrected chi connectivity index (χ4v) is 4.46. The number of carbonyl (C=O) groups is 4. The molecule has 256 valence electrons. The van der Waals surface area contributed by atoms with Crippen LogP contribution in [0, 0.1) is 5.41 Å². The van der Waals surface area contributed by atoms with Crippen LogP contribution in [0.5, 0.6) is 11.8 Å². The van der Waals surface area contributed by atoms with E-state index in [1.807, 2.05) is 0 Å². The Morgan fingerprint density at radius 2 is 1.08 bits per heavy atom. The summed E-state index contributed by atoms with van der Waals surface area (Å²) in [7, 11) is 0. The van der Waals surface area contributed by atoms with Crippen LogP contribution in [0.25, 0.3) is 0 Å². The first-order valence-electron chi connectivity index (χ1n) is 15.0. The van der Waals surface area contributed by atoms with E-state index in [1.165, 1.54) is 0 Å². The Hall–Kier alpha value is -6.51. The van der Waals surface area contributed by atoms with Gasteiger partial charge in [-0.2, -0.15) is 4.90 Å². The average Bonchev–Trinajstić information content (AvgIpc) is 3.43. The fourth-order valence-electron chi connectivity index (χ4n) is 4.46. The van der Waals surface area contributed by atoms with E-state index in [9.17, 15) is 29.4 Å². The van der Waals surface area contributed by atoms with Crippen molar-refractivity contribution in [2.75, 3.05) is 6.54 Å². The molecule has 0 fully saturated rings. The maximum atomic E-state index is 13.6. The van der Waals surface area contributed by atoms with Gasteiger partial charge in [-0.15, -0.1) is 4.73 Å². The van der Waals surface area contributed by atoms with Crippen molar-refractivity contribution in [3.05, 3.63) is 120 Å². The molecule has 0 bridgehead atoms. The smallest absolute Gasteiger partial charge is 0.420 e. The summed E-state index contributed by atoms with van der Waals surface area (Å²) in [6.07, 6.45) is -4.00. The predicted octanol–water partition coefficient (Wildman–Crippen LogP) is 4.51. The molecule has 0 spiro atoms. The van der Waals surface area contributed by atoms with Crippen molar-refractivity contribution < 1.29 is 48.4 Å². The zero-order chi connectivity index (χ0) is 35.2. The van der Waals surface area contributed by atoms with Crippen LogP contribution >= 0.6 is 0 Å². The van der Waals surface area contributed by atoms with Gasteiger partial charge in [-0.25, -0.2) is 24.1 Å². The molecule has 3 aromatic carbocycles. The summed E-state index contributed by atoms with van der Waals surface area (Å²) in [6, 6.07) is 26.2. The number of hydrogen-bond acceptors (Lipinski definition) is 11. The Morgan fingerprint density at radius 1 is 0.673 bits per heavy atom. The monoisotopic (exact) mass is 673 g/mol. The van der Waals surface area contributed by atoms with Crippen LogP contribution < -0.4 is 10.6 Å². The van der Waals surface area contributed by atoms with Crippen LogP contribution in [0.1, 0.15) is 29.5 Å². The highest BCUT2D eigenvalue weighted by atomic mass is 16.7. The molecule has 1 atom stereocenters. The number of imide groups is 1. The molecule has 0 aliphatic rings. The zero-order valence-electron chi connectivity index (χ0n) is 26.2. The van der Waals surface area contributed by atoms with E-state index in [4.69, 9.17) is 30.2 Å². The number of nitrogens with one attached hydrogen (secondary N) is 1. The molecule has 4 rings (SSSR count). The molecule has 0 aliphatic heterocycles. The molecule has 4 aromatic rings. The van der Waals surface area contributed by atoms with Crippen molar-refractivity contribution in [2.45, 2.75) is 38.7 Å². The fraction of sp³-hybridized carbons (Fsp3) is 0.206. The second-order valence-electron chi connectivity index (χ2n) is 10.4. The first-order valence-corrected chi connectivity index (χ1v) is 15.0. The normalized spacial score (nSPS) is 11.1.